The van der Waals surface area contributed by atoms with E-state index >= 15 is 0 Å². The van der Waals surface area contributed by atoms with Crippen LogP contribution in [-0.4, -0.2) is 19.6 Å². The van der Waals surface area contributed by atoms with Crippen LogP contribution < -0.4 is 10.1 Å². The lowest BCUT2D eigenvalue weighted by molar-refractivity contribution is -0.116. The molecule has 0 saturated heterocycles. The van der Waals surface area contributed by atoms with E-state index in [1.165, 1.54) is 31.4 Å². The minimum absolute atomic E-state index is 0.173. The standard InChI is InChI=1S/C13H13BrFNO2/c1-9(14)8-16-13(17)6-4-10-3-5-12(18-2)11(15)7-10/h3-7H,1,8H2,2H3,(H,16,17)/b6-4+. The first-order valence-corrected chi connectivity index (χ1v) is 5.95. The summed E-state index contributed by atoms with van der Waals surface area (Å²) in [5.74, 6) is -0.562. The van der Waals surface area contributed by atoms with Gasteiger partial charge in [-0.15, -0.1) is 0 Å². The van der Waals surface area contributed by atoms with Crippen molar-refractivity contribution in [1.29, 1.82) is 0 Å². The zero-order valence-electron chi connectivity index (χ0n) is 9.87. The first-order valence-electron chi connectivity index (χ1n) is 5.15. The molecule has 0 heterocycles. The molecule has 1 N–H and O–H groups in total. The fraction of sp³-hybridized carbons (Fsp3) is 0.154. The van der Waals surface area contributed by atoms with E-state index in [2.05, 4.69) is 27.8 Å². The third kappa shape index (κ3) is 4.71. The number of hydrogen-bond acceptors (Lipinski definition) is 2. The van der Waals surface area contributed by atoms with Gasteiger partial charge in [-0.25, -0.2) is 4.39 Å². The van der Waals surface area contributed by atoms with Gasteiger partial charge in [-0.05, 0) is 23.8 Å². The predicted molar refractivity (Wildman–Crippen MR) is 73.1 cm³/mol. The van der Waals surface area contributed by atoms with E-state index in [-0.39, 0.29) is 11.7 Å². The van der Waals surface area contributed by atoms with Crippen LogP contribution in [0.3, 0.4) is 0 Å². The van der Waals surface area contributed by atoms with Crippen molar-refractivity contribution in [1.82, 2.24) is 5.32 Å². The molecule has 96 valence electrons. The van der Waals surface area contributed by atoms with Crippen molar-refractivity contribution in [2.45, 2.75) is 0 Å². The summed E-state index contributed by atoms with van der Waals surface area (Å²) in [4.78, 5) is 11.4. The van der Waals surface area contributed by atoms with Gasteiger partial charge in [0.15, 0.2) is 11.6 Å². The molecule has 3 nitrogen and oxygen atoms in total. The molecule has 0 spiro atoms. The van der Waals surface area contributed by atoms with Gasteiger partial charge in [-0.3, -0.25) is 4.79 Å². The summed E-state index contributed by atoms with van der Waals surface area (Å²) < 4.78 is 18.8. The summed E-state index contributed by atoms with van der Waals surface area (Å²) in [6, 6.07) is 4.47. The maximum Gasteiger partial charge on any atom is 0.244 e. The van der Waals surface area contributed by atoms with Gasteiger partial charge >= 0.3 is 0 Å². The topological polar surface area (TPSA) is 38.3 Å². The first kappa shape index (κ1) is 14.4. The van der Waals surface area contributed by atoms with Gasteiger partial charge in [-0.2, -0.15) is 0 Å². The van der Waals surface area contributed by atoms with Gasteiger partial charge in [0, 0.05) is 17.1 Å². The molecule has 1 aromatic carbocycles. The highest BCUT2D eigenvalue weighted by atomic mass is 79.9. The van der Waals surface area contributed by atoms with E-state index in [0.29, 0.717) is 16.6 Å². The van der Waals surface area contributed by atoms with E-state index in [0.717, 1.165) is 0 Å². The number of hydrogen-bond donors (Lipinski definition) is 1. The molecule has 0 atom stereocenters. The number of ether oxygens (including phenoxy) is 1. The summed E-state index contributed by atoms with van der Waals surface area (Å²) in [6.07, 6.45) is 2.85. The van der Waals surface area contributed by atoms with Crippen molar-refractivity contribution in [2.75, 3.05) is 13.7 Å². The Labute approximate surface area is 113 Å². The highest BCUT2D eigenvalue weighted by Crippen LogP contribution is 2.18. The average Bonchev–Trinajstić information content (AvgIpc) is 2.34. The van der Waals surface area contributed by atoms with E-state index < -0.39 is 5.82 Å². The van der Waals surface area contributed by atoms with Gasteiger partial charge in [0.2, 0.25) is 5.91 Å². The number of halogens is 2. The number of rotatable bonds is 5. The first-order chi connectivity index (χ1) is 8.52. The number of carbonyl (C=O) groups is 1. The largest absolute Gasteiger partial charge is 0.494 e. The molecule has 0 aliphatic carbocycles. The molecule has 0 saturated carbocycles. The molecule has 18 heavy (non-hydrogen) atoms. The Morgan fingerprint density at radius 1 is 1.61 bits per heavy atom. The second-order valence-corrected chi connectivity index (χ2v) is 4.58. The zero-order chi connectivity index (χ0) is 13.5. The fourth-order valence-electron chi connectivity index (χ4n) is 1.20. The fourth-order valence-corrected chi connectivity index (χ4v) is 1.34. The minimum Gasteiger partial charge on any atom is -0.494 e. The number of nitrogens with one attached hydrogen (secondary N) is 1. The van der Waals surface area contributed by atoms with Crippen molar-refractivity contribution in [3.8, 4) is 5.75 Å². The van der Waals surface area contributed by atoms with Crippen molar-refractivity contribution < 1.29 is 13.9 Å². The van der Waals surface area contributed by atoms with Crippen LogP contribution in [0.4, 0.5) is 4.39 Å². The Bertz CT molecular complexity index is 486. The Hall–Kier alpha value is -1.62. The third-order valence-corrected chi connectivity index (χ3v) is 2.34. The smallest absolute Gasteiger partial charge is 0.244 e. The summed E-state index contributed by atoms with van der Waals surface area (Å²) >= 11 is 3.13. The van der Waals surface area contributed by atoms with Crippen LogP contribution in [-0.2, 0) is 4.79 Å². The van der Waals surface area contributed by atoms with Crippen LogP contribution in [0.25, 0.3) is 6.08 Å². The van der Waals surface area contributed by atoms with Gasteiger partial charge < -0.3 is 10.1 Å². The zero-order valence-corrected chi connectivity index (χ0v) is 11.5. The van der Waals surface area contributed by atoms with E-state index in [1.807, 2.05) is 0 Å². The Morgan fingerprint density at radius 3 is 2.89 bits per heavy atom. The quantitative estimate of drug-likeness (QED) is 0.849. The van der Waals surface area contributed by atoms with Crippen LogP contribution in [0.15, 0.2) is 35.3 Å². The highest BCUT2D eigenvalue weighted by molar-refractivity contribution is 9.11. The molecule has 0 aliphatic rings. The lowest BCUT2D eigenvalue weighted by Gasteiger charge is -2.02. The summed E-state index contributed by atoms with van der Waals surface area (Å²) in [7, 11) is 1.40. The lowest BCUT2D eigenvalue weighted by atomic mass is 10.2. The second-order valence-electron chi connectivity index (χ2n) is 3.46. The lowest BCUT2D eigenvalue weighted by Crippen LogP contribution is -2.21. The Kier molecular flexibility index (Phi) is 5.58. The average molecular weight is 314 g/mol. The van der Waals surface area contributed by atoms with Crippen LogP contribution >= 0.6 is 15.9 Å². The SMILES string of the molecule is C=C(Br)CNC(=O)/C=C/c1ccc(OC)c(F)c1. The highest BCUT2D eigenvalue weighted by Gasteiger charge is 2.02. The molecule has 0 bridgehead atoms. The molecule has 0 unspecified atom stereocenters. The van der Waals surface area contributed by atoms with Gasteiger partial charge in [0.25, 0.3) is 0 Å². The second kappa shape index (κ2) is 6.96. The number of carbonyl (C=O) groups excluding carboxylic acids is 1. The summed E-state index contributed by atoms with van der Waals surface area (Å²) in [5, 5.41) is 2.60. The van der Waals surface area contributed by atoms with Gasteiger partial charge in [-0.1, -0.05) is 28.6 Å². The molecule has 0 radical (unpaired) electrons. The van der Waals surface area contributed by atoms with E-state index in [4.69, 9.17) is 4.74 Å². The molecule has 0 aromatic heterocycles. The Morgan fingerprint density at radius 2 is 2.33 bits per heavy atom. The summed E-state index contributed by atoms with van der Waals surface area (Å²) in [5.41, 5.74) is 0.584. The van der Waals surface area contributed by atoms with E-state index in [1.54, 1.807) is 6.07 Å². The molecular weight excluding hydrogens is 301 g/mol. The number of amides is 1. The molecule has 1 rings (SSSR count). The number of methoxy groups -OCH3 is 1. The van der Waals surface area contributed by atoms with Crippen molar-refractivity contribution in [2.24, 2.45) is 0 Å². The molecule has 0 fully saturated rings. The van der Waals surface area contributed by atoms with Crippen LogP contribution in [0.2, 0.25) is 0 Å². The molecule has 1 amide bonds. The number of benzene rings is 1. The van der Waals surface area contributed by atoms with Crippen LogP contribution in [0.5, 0.6) is 5.75 Å². The van der Waals surface area contributed by atoms with Crippen LogP contribution in [0.1, 0.15) is 5.56 Å². The maximum atomic E-state index is 13.4. The van der Waals surface area contributed by atoms with Gasteiger partial charge in [0.05, 0.1) is 7.11 Å². The molecule has 5 heteroatoms. The monoisotopic (exact) mass is 313 g/mol. The van der Waals surface area contributed by atoms with Crippen molar-refractivity contribution >= 4 is 27.9 Å². The third-order valence-electron chi connectivity index (χ3n) is 2.06. The van der Waals surface area contributed by atoms with Crippen LogP contribution in [0, 0.1) is 5.82 Å². The van der Waals surface area contributed by atoms with E-state index in [9.17, 15) is 9.18 Å². The molecular formula is C13H13BrFNO2. The normalized spacial score (nSPS) is 10.4. The Balaban J connectivity index is 2.64. The minimum atomic E-state index is -0.464. The predicted octanol–water partition coefficient (Wildman–Crippen LogP) is 2.87. The van der Waals surface area contributed by atoms with Gasteiger partial charge in [0.1, 0.15) is 0 Å². The molecule has 1 aromatic rings. The maximum absolute atomic E-state index is 13.4. The van der Waals surface area contributed by atoms with Crippen molar-refractivity contribution in [3.63, 3.8) is 0 Å². The van der Waals surface area contributed by atoms with Crippen molar-refractivity contribution in [3.05, 3.63) is 46.7 Å². The summed E-state index contributed by atoms with van der Waals surface area (Å²) in [6.45, 7) is 3.94. The molecule has 0 aliphatic heterocycles.